The summed E-state index contributed by atoms with van der Waals surface area (Å²) >= 11 is 3.58. The summed E-state index contributed by atoms with van der Waals surface area (Å²) in [5.41, 5.74) is -0.707. The zero-order valence-corrected chi connectivity index (χ0v) is 13.1. The number of para-hydroxylation sites is 1. The summed E-state index contributed by atoms with van der Waals surface area (Å²) in [4.78, 5) is 0.420. The highest BCUT2D eigenvalue weighted by atomic mass is 79.9. The van der Waals surface area contributed by atoms with Gasteiger partial charge in [-0.3, -0.25) is 0 Å². The van der Waals surface area contributed by atoms with Crippen molar-refractivity contribution in [3.05, 3.63) is 29.8 Å². The Hall–Kier alpha value is -0.710. The molecule has 0 aromatic heterocycles. The topological polar surface area (TPSA) is 9.23 Å². The molecule has 1 aromatic rings. The van der Waals surface area contributed by atoms with Crippen LogP contribution in [0, 0.1) is 0 Å². The van der Waals surface area contributed by atoms with Gasteiger partial charge in [-0.1, -0.05) is 47.8 Å². The van der Waals surface area contributed by atoms with Gasteiger partial charge in [-0.25, -0.2) is 0 Å². The number of hydrogen-bond acceptors (Lipinski definition) is 1. The van der Waals surface area contributed by atoms with Crippen molar-refractivity contribution in [2.75, 3.05) is 6.61 Å². The zero-order valence-electron chi connectivity index (χ0n) is 11.5. The Labute approximate surface area is 126 Å². The Balaban J connectivity index is 2.39. The molecule has 0 amide bonds. The number of ether oxygens (including phenoxy) is 1. The van der Waals surface area contributed by atoms with E-state index in [-0.39, 0.29) is 5.75 Å². The maximum Gasteiger partial charge on any atom is 0.419 e. The second kappa shape index (κ2) is 8.55. The summed E-state index contributed by atoms with van der Waals surface area (Å²) in [7, 11) is 0. The van der Waals surface area contributed by atoms with E-state index in [2.05, 4.69) is 22.9 Å². The fraction of sp³-hybridized carbons (Fsp3) is 0.600. The van der Waals surface area contributed by atoms with Crippen LogP contribution in [0.25, 0.3) is 0 Å². The van der Waals surface area contributed by atoms with E-state index in [4.69, 9.17) is 4.74 Å². The van der Waals surface area contributed by atoms with Crippen LogP contribution in [0.5, 0.6) is 5.75 Å². The predicted molar refractivity (Wildman–Crippen MR) is 78.4 cm³/mol. The Morgan fingerprint density at radius 3 is 2.45 bits per heavy atom. The maximum absolute atomic E-state index is 12.7. The van der Waals surface area contributed by atoms with Gasteiger partial charge < -0.3 is 4.74 Å². The molecule has 5 heteroatoms. The molecule has 0 N–H and O–H groups in total. The van der Waals surface area contributed by atoms with Crippen LogP contribution in [0.2, 0.25) is 0 Å². The van der Waals surface area contributed by atoms with Gasteiger partial charge in [-0.15, -0.1) is 0 Å². The van der Waals surface area contributed by atoms with E-state index >= 15 is 0 Å². The number of alkyl halides is 4. The van der Waals surface area contributed by atoms with E-state index in [1.54, 1.807) is 6.07 Å². The van der Waals surface area contributed by atoms with E-state index in [1.165, 1.54) is 12.1 Å². The van der Waals surface area contributed by atoms with Gasteiger partial charge in [0, 0.05) is 4.83 Å². The van der Waals surface area contributed by atoms with E-state index in [9.17, 15) is 13.2 Å². The SMILES string of the molecule is CCCCC(Br)CCCOc1ccccc1C(F)(F)F. The molecule has 0 aliphatic rings. The van der Waals surface area contributed by atoms with Crippen LogP contribution in [-0.4, -0.2) is 11.4 Å². The second-order valence-corrected chi connectivity index (χ2v) is 6.02. The number of hydrogen-bond donors (Lipinski definition) is 0. The minimum Gasteiger partial charge on any atom is -0.493 e. The first-order chi connectivity index (χ1) is 9.45. The van der Waals surface area contributed by atoms with Gasteiger partial charge in [0.2, 0.25) is 0 Å². The summed E-state index contributed by atoms with van der Waals surface area (Å²) in [6.07, 6.45) is 0.691. The first-order valence-electron chi connectivity index (χ1n) is 6.88. The Bertz CT molecular complexity index is 393. The third kappa shape index (κ3) is 6.16. The number of rotatable bonds is 8. The average Bonchev–Trinajstić information content (AvgIpc) is 2.40. The lowest BCUT2D eigenvalue weighted by molar-refractivity contribution is -0.138. The lowest BCUT2D eigenvalue weighted by atomic mass is 10.1. The van der Waals surface area contributed by atoms with E-state index in [1.807, 2.05) is 0 Å². The molecule has 0 bridgehead atoms. The molecular weight excluding hydrogens is 333 g/mol. The lowest BCUT2D eigenvalue weighted by Gasteiger charge is -2.14. The molecule has 0 fully saturated rings. The summed E-state index contributed by atoms with van der Waals surface area (Å²) in [5.74, 6) is -0.0836. The molecule has 0 heterocycles. The smallest absolute Gasteiger partial charge is 0.419 e. The minimum atomic E-state index is -4.37. The molecule has 0 radical (unpaired) electrons. The van der Waals surface area contributed by atoms with E-state index in [0.29, 0.717) is 11.4 Å². The number of unbranched alkanes of at least 4 members (excludes halogenated alkanes) is 1. The van der Waals surface area contributed by atoms with Crippen LogP contribution in [0.15, 0.2) is 24.3 Å². The van der Waals surface area contributed by atoms with Crippen molar-refractivity contribution in [2.45, 2.75) is 50.0 Å². The number of benzene rings is 1. The van der Waals surface area contributed by atoms with Crippen molar-refractivity contribution < 1.29 is 17.9 Å². The zero-order chi connectivity index (χ0) is 15.0. The largest absolute Gasteiger partial charge is 0.493 e. The quantitative estimate of drug-likeness (QED) is 0.423. The third-order valence-electron chi connectivity index (χ3n) is 2.98. The van der Waals surface area contributed by atoms with Crippen molar-refractivity contribution in [1.82, 2.24) is 0 Å². The molecule has 0 aliphatic carbocycles. The highest BCUT2D eigenvalue weighted by Crippen LogP contribution is 2.35. The van der Waals surface area contributed by atoms with Crippen LogP contribution in [0.4, 0.5) is 13.2 Å². The summed E-state index contributed by atoms with van der Waals surface area (Å²) < 4.78 is 43.5. The van der Waals surface area contributed by atoms with Gasteiger partial charge in [0.05, 0.1) is 12.2 Å². The maximum atomic E-state index is 12.7. The third-order valence-corrected chi connectivity index (χ3v) is 3.90. The van der Waals surface area contributed by atoms with E-state index in [0.717, 1.165) is 38.2 Å². The van der Waals surface area contributed by atoms with Crippen LogP contribution in [0.3, 0.4) is 0 Å². The van der Waals surface area contributed by atoms with E-state index < -0.39 is 11.7 Å². The van der Waals surface area contributed by atoms with Crippen LogP contribution < -0.4 is 4.74 Å². The normalized spacial score (nSPS) is 13.2. The molecule has 0 aliphatic heterocycles. The van der Waals surface area contributed by atoms with Crippen LogP contribution in [0.1, 0.15) is 44.6 Å². The first kappa shape index (κ1) is 17.3. The summed E-state index contributed by atoms with van der Waals surface area (Å²) in [6, 6.07) is 5.34. The molecule has 20 heavy (non-hydrogen) atoms. The highest BCUT2D eigenvalue weighted by Gasteiger charge is 2.33. The average molecular weight is 353 g/mol. The lowest BCUT2D eigenvalue weighted by Crippen LogP contribution is -2.10. The first-order valence-corrected chi connectivity index (χ1v) is 7.79. The highest BCUT2D eigenvalue weighted by molar-refractivity contribution is 9.09. The Morgan fingerprint density at radius 1 is 1.15 bits per heavy atom. The Kier molecular flexibility index (Phi) is 7.41. The minimum absolute atomic E-state index is 0.0836. The van der Waals surface area contributed by atoms with Gasteiger partial charge in [-0.05, 0) is 31.4 Å². The fourth-order valence-corrected chi connectivity index (χ4v) is 2.53. The second-order valence-electron chi connectivity index (χ2n) is 4.72. The Morgan fingerprint density at radius 2 is 1.80 bits per heavy atom. The van der Waals surface area contributed by atoms with Crippen LogP contribution in [-0.2, 0) is 6.18 Å². The standard InChI is InChI=1S/C15H20BrF3O/c1-2-3-7-12(16)8-6-11-20-14-10-5-4-9-13(14)15(17,18)19/h4-5,9-10,12H,2-3,6-8,11H2,1H3. The van der Waals surface area contributed by atoms with Gasteiger partial charge in [-0.2, -0.15) is 13.2 Å². The molecule has 1 nitrogen and oxygen atoms in total. The van der Waals surface area contributed by atoms with Crippen molar-refractivity contribution in [1.29, 1.82) is 0 Å². The number of halogens is 4. The molecule has 1 aromatic carbocycles. The molecule has 114 valence electrons. The predicted octanol–water partition coefficient (Wildman–Crippen LogP) is 5.82. The van der Waals surface area contributed by atoms with Crippen LogP contribution >= 0.6 is 15.9 Å². The fourth-order valence-electron chi connectivity index (χ4n) is 1.88. The van der Waals surface area contributed by atoms with Crippen molar-refractivity contribution in [3.63, 3.8) is 0 Å². The molecular formula is C15H20BrF3O. The monoisotopic (exact) mass is 352 g/mol. The van der Waals surface area contributed by atoms with Gasteiger partial charge in [0.1, 0.15) is 5.75 Å². The summed E-state index contributed by atoms with van der Waals surface area (Å²) in [6.45, 7) is 2.44. The molecule has 0 saturated carbocycles. The molecule has 1 atom stereocenters. The van der Waals surface area contributed by atoms with Crippen molar-refractivity contribution >= 4 is 15.9 Å². The van der Waals surface area contributed by atoms with Crippen molar-refractivity contribution in [3.8, 4) is 5.75 Å². The van der Waals surface area contributed by atoms with Crippen molar-refractivity contribution in [2.24, 2.45) is 0 Å². The molecule has 0 saturated heterocycles. The summed E-state index contributed by atoms with van der Waals surface area (Å²) in [5, 5.41) is 0. The molecule has 1 rings (SSSR count). The molecule has 1 unspecified atom stereocenters. The van der Waals surface area contributed by atoms with Gasteiger partial charge >= 0.3 is 6.18 Å². The van der Waals surface area contributed by atoms with Gasteiger partial charge in [0.25, 0.3) is 0 Å². The van der Waals surface area contributed by atoms with Gasteiger partial charge in [0.15, 0.2) is 0 Å². The molecule has 0 spiro atoms.